The first-order valence-corrected chi connectivity index (χ1v) is 10.4. The highest BCUT2D eigenvalue weighted by molar-refractivity contribution is 7.51. The van der Waals surface area contributed by atoms with E-state index in [9.17, 15) is 4.57 Å². The van der Waals surface area contributed by atoms with Gasteiger partial charge < -0.3 is 23.5 Å². The molecule has 27 heavy (non-hydrogen) atoms. The molecule has 0 aliphatic carbocycles. The second kappa shape index (κ2) is 13.2. The van der Waals surface area contributed by atoms with Gasteiger partial charge in [0.15, 0.2) is 6.29 Å². The molecule has 0 heterocycles. The van der Waals surface area contributed by atoms with E-state index in [1.54, 1.807) is 14.2 Å². The number of benzene rings is 1. The molecule has 156 valence electrons. The van der Waals surface area contributed by atoms with Crippen molar-refractivity contribution >= 4 is 7.75 Å². The quantitative estimate of drug-likeness (QED) is 0.270. The van der Waals surface area contributed by atoms with Gasteiger partial charge in [0, 0.05) is 40.0 Å². The first kappa shape index (κ1) is 24.0. The molecule has 0 saturated heterocycles. The van der Waals surface area contributed by atoms with Crippen molar-refractivity contribution in [3.8, 4) is 5.75 Å². The van der Waals surface area contributed by atoms with Crippen molar-refractivity contribution in [2.75, 3.05) is 54.3 Å². The molecule has 2 atom stereocenters. The van der Waals surface area contributed by atoms with Gasteiger partial charge in [0.1, 0.15) is 12.4 Å². The van der Waals surface area contributed by atoms with Crippen molar-refractivity contribution in [1.29, 1.82) is 0 Å². The van der Waals surface area contributed by atoms with Gasteiger partial charge in [0.2, 0.25) is 0 Å². The normalized spacial score (nSPS) is 14.9. The minimum Gasteiger partial charge on any atom is -0.491 e. The Hall–Kier alpha value is -0.990. The van der Waals surface area contributed by atoms with E-state index in [0.29, 0.717) is 25.5 Å². The number of nitrogens with one attached hydrogen (secondary N) is 1. The lowest BCUT2D eigenvalue weighted by Crippen LogP contribution is -2.24. The van der Waals surface area contributed by atoms with Crippen LogP contribution in [-0.2, 0) is 27.8 Å². The first-order chi connectivity index (χ1) is 13.0. The molecule has 1 N–H and O–H groups in total. The summed E-state index contributed by atoms with van der Waals surface area (Å²) in [7, 11) is 1.15. The third kappa shape index (κ3) is 9.17. The molecule has 1 aromatic rings. The minimum absolute atomic E-state index is 0.123. The summed E-state index contributed by atoms with van der Waals surface area (Å²) >= 11 is 0. The molecule has 0 bridgehead atoms. The van der Waals surface area contributed by atoms with Gasteiger partial charge in [-0.15, -0.1) is 0 Å². The SMILES string of the molecule is CCOCC(C)CNP(=O)(OC)OCCOc1ccc(C(OC)OC)cc1. The summed E-state index contributed by atoms with van der Waals surface area (Å²) in [6.07, 6.45) is -0.411. The average Bonchev–Trinajstić information content (AvgIpc) is 2.70. The summed E-state index contributed by atoms with van der Waals surface area (Å²) in [6.45, 7) is 5.99. The average molecular weight is 405 g/mol. The van der Waals surface area contributed by atoms with Gasteiger partial charge in [0.25, 0.3) is 0 Å². The molecule has 0 radical (unpaired) electrons. The van der Waals surface area contributed by atoms with Crippen molar-refractivity contribution in [3.05, 3.63) is 29.8 Å². The number of hydrogen-bond donors (Lipinski definition) is 1. The van der Waals surface area contributed by atoms with Crippen molar-refractivity contribution in [3.63, 3.8) is 0 Å². The highest BCUT2D eigenvalue weighted by Gasteiger charge is 2.23. The maximum absolute atomic E-state index is 12.5. The van der Waals surface area contributed by atoms with Crippen LogP contribution in [0.15, 0.2) is 24.3 Å². The molecule has 2 unspecified atom stereocenters. The van der Waals surface area contributed by atoms with Crippen molar-refractivity contribution < 1.29 is 32.6 Å². The summed E-state index contributed by atoms with van der Waals surface area (Å²) < 4.78 is 44.2. The molecular weight excluding hydrogens is 373 g/mol. The van der Waals surface area contributed by atoms with E-state index in [1.165, 1.54) is 7.11 Å². The van der Waals surface area contributed by atoms with Crippen molar-refractivity contribution in [2.45, 2.75) is 20.1 Å². The lowest BCUT2D eigenvalue weighted by Gasteiger charge is -2.20. The Kier molecular flexibility index (Phi) is 11.8. The zero-order valence-electron chi connectivity index (χ0n) is 16.8. The molecule has 0 spiro atoms. The molecule has 1 rings (SSSR count). The highest BCUT2D eigenvalue weighted by atomic mass is 31.2. The Morgan fingerprint density at radius 1 is 1.07 bits per heavy atom. The zero-order chi connectivity index (χ0) is 20.1. The zero-order valence-corrected chi connectivity index (χ0v) is 17.7. The summed E-state index contributed by atoms with van der Waals surface area (Å²) in [5.41, 5.74) is 0.887. The molecule has 0 aromatic heterocycles. The number of hydrogen-bond acceptors (Lipinski definition) is 7. The fourth-order valence-electron chi connectivity index (χ4n) is 2.22. The van der Waals surface area contributed by atoms with E-state index >= 15 is 0 Å². The molecule has 0 fully saturated rings. The second-order valence-corrected chi connectivity index (χ2v) is 7.80. The molecular formula is C18H32NO7P. The molecule has 1 aromatic carbocycles. The minimum atomic E-state index is -3.36. The van der Waals surface area contributed by atoms with Gasteiger partial charge in [-0.1, -0.05) is 19.1 Å². The Balaban J connectivity index is 2.36. The Morgan fingerprint density at radius 3 is 2.30 bits per heavy atom. The molecule has 0 saturated carbocycles. The summed E-state index contributed by atoms with van der Waals surface area (Å²) in [6, 6.07) is 7.33. The maximum atomic E-state index is 12.5. The molecule has 0 aliphatic rings. The number of ether oxygens (including phenoxy) is 4. The predicted octanol–water partition coefficient (Wildman–Crippen LogP) is 3.39. The van der Waals surface area contributed by atoms with E-state index < -0.39 is 14.0 Å². The number of methoxy groups -OCH3 is 2. The van der Waals surface area contributed by atoms with E-state index in [2.05, 4.69) is 5.09 Å². The van der Waals surface area contributed by atoms with E-state index in [-0.39, 0.29) is 19.1 Å². The number of rotatable bonds is 15. The first-order valence-electron chi connectivity index (χ1n) is 8.89. The standard InChI is InChI=1S/C18H32NO7P/c1-6-24-14-15(2)13-19-27(20,23-5)26-12-11-25-17-9-7-16(8-10-17)18(21-3)22-4/h7-10,15,18H,6,11-14H2,1-5H3,(H,19,20). The van der Waals surface area contributed by atoms with Crippen LogP contribution in [0.3, 0.4) is 0 Å². The van der Waals surface area contributed by atoms with Crippen LogP contribution >= 0.6 is 7.75 Å². The lowest BCUT2D eigenvalue weighted by molar-refractivity contribution is -0.106. The van der Waals surface area contributed by atoms with Gasteiger partial charge in [-0.05, 0) is 25.0 Å². The van der Waals surface area contributed by atoms with E-state index in [1.807, 2.05) is 38.1 Å². The topological polar surface area (TPSA) is 84.5 Å². The Morgan fingerprint density at radius 2 is 1.74 bits per heavy atom. The summed E-state index contributed by atoms with van der Waals surface area (Å²) in [5, 5.41) is 2.83. The van der Waals surface area contributed by atoms with Gasteiger partial charge in [-0.25, -0.2) is 9.65 Å². The summed E-state index contributed by atoms with van der Waals surface area (Å²) in [5.74, 6) is 0.855. The van der Waals surface area contributed by atoms with E-state index in [4.69, 9.17) is 28.0 Å². The monoisotopic (exact) mass is 405 g/mol. The highest BCUT2D eigenvalue weighted by Crippen LogP contribution is 2.42. The molecule has 0 aliphatic heterocycles. The largest absolute Gasteiger partial charge is 0.491 e. The van der Waals surface area contributed by atoms with Crippen LogP contribution in [0.4, 0.5) is 0 Å². The van der Waals surface area contributed by atoms with Crippen LogP contribution < -0.4 is 9.82 Å². The maximum Gasteiger partial charge on any atom is 0.405 e. The van der Waals surface area contributed by atoms with Crippen LogP contribution in [0.5, 0.6) is 5.75 Å². The van der Waals surface area contributed by atoms with Crippen LogP contribution in [0.1, 0.15) is 25.7 Å². The Bertz CT molecular complexity index is 551. The Labute approximate surface area is 162 Å². The molecule has 8 nitrogen and oxygen atoms in total. The van der Waals surface area contributed by atoms with E-state index in [0.717, 1.165) is 5.56 Å². The van der Waals surface area contributed by atoms with Crippen LogP contribution in [0, 0.1) is 5.92 Å². The van der Waals surface area contributed by atoms with Crippen LogP contribution in [-0.4, -0.2) is 54.3 Å². The second-order valence-electron chi connectivity index (χ2n) is 5.86. The van der Waals surface area contributed by atoms with Crippen molar-refractivity contribution in [2.24, 2.45) is 5.92 Å². The predicted molar refractivity (Wildman–Crippen MR) is 103 cm³/mol. The fourth-order valence-corrected chi connectivity index (χ4v) is 3.39. The lowest BCUT2D eigenvalue weighted by atomic mass is 10.2. The van der Waals surface area contributed by atoms with Gasteiger partial charge in [0.05, 0.1) is 13.2 Å². The summed E-state index contributed by atoms with van der Waals surface area (Å²) in [4.78, 5) is 0. The van der Waals surface area contributed by atoms with Crippen LogP contribution in [0.25, 0.3) is 0 Å². The van der Waals surface area contributed by atoms with Crippen molar-refractivity contribution in [1.82, 2.24) is 5.09 Å². The third-order valence-corrected chi connectivity index (χ3v) is 5.25. The van der Waals surface area contributed by atoms with Crippen LogP contribution in [0.2, 0.25) is 0 Å². The molecule has 0 amide bonds. The van der Waals surface area contributed by atoms with Gasteiger partial charge >= 0.3 is 7.75 Å². The third-order valence-electron chi connectivity index (χ3n) is 3.67. The fraction of sp³-hybridized carbons (Fsp3) is 0.667. The smallest absolute Gasteiger partial charge is 0.405 e. The van der Waals surface area contributed by atoms with Gasteiger partial charge in [-0.2, -0.15) is 0 Å². The molecule has 9 heteroatoms. The van der Waals surface area contributed by atoms with Gasteiger partial charge in [-0.3, -0.25) is 4.52 Å².